The van der Waals surface area contributed by atoms with E-state index in [1.165, 1.54) is 52.1 Å². The van der Waals surface area contributed by atoms with Crippen LogP contribution in [0.5, 0.6) is 0 Å². The Morgan fingerprint density at radius 1 is 0.467 bits per heavy atom. The van der Waals surface area contributed by atoms with E-state index in [1.54, 1.807) is 0 Å². The summed E-state index contributed by atoms with van der Waals surface area (Å²) >= 11 is 0. The predicted octanol–water partition coefficient (Wildman–Crippen LogP) is 4.03. The lowest BCUT2D eigenvalue weighted by Gasteiger charge is -2.41. The van der Waals surface area contributed by atoms with Crippen LogP contribution in [0.15, 0.2) is 0 Å². The van der Waals surface area contributed by atoms with Crippen LogP contribution in [-0.2, 0) is 4.74 Å². The molecular weight excluding hydrogens is 372 g/mol. The summed E-state index contributed by atoms with van der Waals surface area (Å²) < 4.78 is 5.25. The Morgan fingerprint density at radius 3 is 1.10 bits per heavy atom. The lowest BCUT2D eigenvalue weighted by molar-refractivity contribution is -0.00389. The topological polar surface area (TPSA) is 22.2 Å². The molecule has 0 aliphatic carbocycles. The summed E-state index contributed by atoms with van der Waals surface area (Å²) in [6.07, 6.45) is 2.80. The third-order valence-electron chi connectivity index (χ3n) is 6.47. The highest BCUT2D eigenvalue weighted by Crippen LogP contribution is 2.19. The van der Waals surface area contributed by atoms with E-state index in [9.17, 15) is 0 Å². The first-order valence-corrected chi connectivity index (χ1v) is 12.2. The van der Waals surface area contributed by atoms with Gasteiger partial charge in [-0.3, -0.25) is 14.7 Å². The fraction of sp³-hybridized carbons (Fsp3) is 1.00. The number of nitrogens with zero attached hydrogens (tertiary/aromatic N) is 4. The molecule has 0 saturated carbocycles. The molecule has 0 atom stereocenters. The molecule has 0 bridgehead atoms. The molecule has 0 amide bonds. The van der Waals surface area contributed by atoms with Crippen LogP contribution < -0.4 is 0 Å². The van der Waals surface area contributed by atoms with Crippen LogP contribution in [0.1, 0.15) is 75.2 Å². The van der Waals surface area contributed by atoms with Gasteiger partial charge in [0.25, 0.3) is 0 Å². The second-order valence-corrected chi connectivity index (χ2v) is 12.1. The minimum absolute atomic E-state index is 0.323. The molecule has 3 aliphatic rings. The quantitative estimate of drug-likeness (QED) is 0.582. The maximum absolute atomic E-state index is 5.25. The van der Waals surface area contributed by atoms with Crippen molar-refractivity contribution in [3.05, 3.63) is 0 Å². The van der Waals surface area contributed by atoms with E-state index in [4.69, 9.17) is 4.74 Å². The zero-order valence-electron chi connectivity index (χ0n) is 22.2. The van der Waals surface area contributed by atoms with Gasteiger partial charge in [0.15, 0.2) is 0 Å². The van der Waals surface area contributed by atoms with Gasteiger partial charge in [0.05, 0.1) is 13.2 Å². The number of piperazine rings is 1. The largest absolute Gasteiger partial charge is 0.379 e. The van der Waals surface area contributed by atoms with E-state index in [-0.39, 0.29) is 0 Å². The normalized spacial score (nSPS) is 23.4. The molecule has 3 fully saturated rings. The minimum atomic E-state index is 0.323. The Morgan fingerprint density at radius 2 is 0.800 bits per heavy atom. The lowest BCUT2D eigenvalue weighted by Crippen LogP contribution is -2.52. The fourth-order valence-electron chi connectivity index (χ4n) is 4.10. The van der Waals surface area contributed by atoms with Gasteiger partial charge in [0.1, 0.15) is 0 Å². The first-order chi connectivity index (χ1) is 13.7. The van der Waals surface area contributed by atoms with E-state index in [0.717, 1.165) is 26.3 Å². The lowest BCUT2D eigenvalue weighted by atomic mass is 10.1. The average molecular weight is 427 g/mol. The van der Waals surface area contributed by atoms with Crippen LogP contribution in [0.3, 0.4) is 0 Å². The van der Waals surface area contributed by atoms with Crippen molar-refractivity contribution in [3.8, 4) is 0 Å². The van der Waals surface area contributed by atoms with Gasteiger partial charge in [0, 0.05) is 55.9 Å². The number of likely N-dealkylation sites (N-methyl/N-ethyl adjacent to an activating group) is 1. The number of rotatable bonds is 0. The van der Waals surface area contributed by atoms with Crippen molar-refractivity contribution < 1.29 is 4.74 Å². The van der Waals surface area contributed by atoms with Gasteiger partial charge in [-0.15, -0.1) is 0 Å². The van der Waals surface area contributed by atoms with Crippen molar-refractivity contribution in [2.45, 2.75) is 91.8 Å². The van der Waals surface area contributed by atoms with Crippen molar-refractivity contribution in [1.82, 2.24) is 19.6 Å². The molecular formula is C25H54N4O. The maximum atomic E-state index is 5.25. The maximum Gasteiger partial charge on any atom is 0.0594 e. The van der Waals surface area contributed by atoms with Gasteiger partial charge in [-0.05, 0) is 95.3 Å². The smallest absolute Gasteiger partial charge is 0.0594 e. The Hall–Kier alpha value is -0.200. The van der Waals surface area contributed by atoms with Crippen molar-refractivity contribution >= 4 is 0 Å². The first-order valence-electron chi connectivity index (χ1n) is 12.2. The van der Waals surface area contributed by atoms with Gasteiger partial charge in [-0.25, -0.2) is 0 Å². The Bertz CT molecular complexity index is 441. The molecule has 0 spiro atoms. The highest BCUT2D eigenvalue weighted by Gasteiger charge is 2.25. The third kappa shape index (κ3) is 10.9. The molecule has 0 radical (unpaired) electrons. The third-order valence-corrected chi connectivity index (χ3v) is 6.47. The van der Waals surface area contributed by atoms with Gasteiger partial charge < -0.3 is 9.64 Å². The van der Waals surface area contributed by atoms with Crippen LogP contribution in [0.2, 0.25) is 0 Å². The minimum Gasteiger partial charge on any atom is -0.379 e. The van der Waals surface area contributed by atoms with Gasteiger partial charge >= 0.3 is 0 Å². The molecule has 5 heteroatoms. The summed E-state index contributed by atoms with van der Waals surface area (Å²) in [5.41, 5.74) is 1.10. The summed E-state index contributed by atoms with van der Waals surface area (Å²) in [7, 11) is 2.19. The zero-order chi connectivity index (χ0) is 23.0. The number of morpholine rings is 1. The molecule has 3 saturated heterocycles. The van der Waals surface area contributed by atoms with Crippen molar-refractivity contribution in [2.75, 3.05) is 72.6 Å². The molecule has 0 aromatic rings. The number of hydrogen-bond acceptors (Lipinski definition) is 5. The summed E-state index contributed by atoms with van der Waals surface area (Å²) in [6, 6.07) is 0. The molecule has 0 N–H and O–H groups in total. The van der Waals surface area contributed by atoms with Gasteiger partial charge in [-0.1, -0.05) is 0 Å². The molecule has 0 unspecified atom stereocenters. The Balaban J connectivity index is 0.000000226. The monoisotopic (exact) mass is 426 g/mol. The van der Waals surface area contributed by atoms with Crippen LogP contribution >= 0.6 is 0 Å². The molecule has 3 rings (SSSR count). The second-order valence-electron chi connectivity index (χ2n) is 12.1. The molecule has 5 nitrogen and oxygen atoms in total. The summed E-state index contributed by atoms with van der Waals surface area (Å²) in [5.74, 6) is 0. The van der Waals surface area contributed by atoms with E-state index < -0.39 is 0 Å². The zero-order valence-corrected chi connectivity index (χ0v) is 22.2. The first kappa shape index (κ1) is 27.8. The molecule has 0 aromatic carbocycles. The summed E-state index contributed by atoms with van der Waals surface area (Å²) in [6.45, 7) is 32.0. The average Bonchev–Trinajstić information content (AvgIpc) is 3.18. The van der Waals surface area contributed by atoms with Crippen molar-refractivity contribution in [2.24, 2.45) is 0 Å². The van der Waals surface area contributed by atoms with Crippen LogP contribution in [-0.4, -0.2) is 109 Å². The molecule has 3 heterocycles. The predicted molar refractivity (Wildman–Crippen MR) is 132 cm³/mol. The van der Waals surface area contributed by atoms with Crippen molar-refractivity contribution in [1.29, 1.82) is 0 Å². The number of likely N-dealkylation sites (tertiary alicyclic amines) is 1. The van der Waals surface area contributed by atoms with Crippen LogP contribution in [0, 0.1) is 0 Å². The van der Waals surface area contributed by atoms with Crippen molar-refractivity contribution in [3.63, 3.8) is 0 Å². The number of ether oxygens (including phenoxy) is 1. The molecule has 180 valence electrons. The van der Waals surface area contributed by atoms with E-state index in [1.807, 2.05) is 0 Å². The Labute approximate surface area is 189 Å². The fourth-order valence-corrected chi connectivity index (χ4v) is 4.10. The highest BCUT2D eigenvalue weighted by molar-refractivity contribution is 4.81. The van der Waals surface area contributed by atoms with Crippen LogP contribution in [0.25, 0.3) is 0 Å². The standard InChI is InChI=1S/C9H20N2.C8H17NO.C8H17N/c1-9(2,3)11-7-5-10(4)6-8-11;1-8(2,3)9-4-6-10-7-5-9;1-8(2,3)9-6-4-5-7-9/h5-8H2,1-4H3;4-7H2,1-3H3;4-7H2,1-3H3. The highest BCUT2D eigenvalue weighted by atomic mass is 16.5. The SMILES string of the molecule is CC(C)(C)N1CCCC1.CC(C)(C)N1CCOCC1.CN1CCN(C(C)(C)C)CC1. The number of hydrogen-bond donors (Lipinski definition) is 0. The van der Waals surface area contributed by atoms with E-state index in [2.05, 4.69) is 89.0 Å². The summed E-state index contributed by atoms with van der Waals surface area (Å²) in [4.78, 5) is 9.94. The Kier molecular flexibility index (Phi) is 11.3. The van der Waals surface area contributed by atoms with E-state index in [0.29, 0.717) is 16.6 Å². The second kappa shape index (κ2) is 12.2. The summed E-state index contributed by atoms with van der Waals surface area (Å²) in [5, 5.41) is 0. The molecule has 30 heavy (non-hydrogen) atoms. The molecule has 3 aliphatic heterocycles. The van der Waals surface area contributed by atoms with Gasteiger partial charge in [0.2, 0.25) is 0 Å². The molecule has 0 aromatic heterocycles. The van der Waals surface area contributed by atoms with Gasteiger partial charge in [-0.2, -0.15) is 0 Å². The van der Waals surface area contributed by atoms with Crippen LogP contribution in [0.4, 0.5) is 0 Å². The van der Waals surface area contributed by atoms with E-state index >= 15 is 0 Å².